The van der Waals surface area contributed by atoms with Gasteiger partial charge in [-0.2, -0.15) is 0 Å². The van der Waals surface area contributed by atoms with E-state index in [0.717, 1.165) is 29.6 Å². The van der Waals surface area contributed by atoms with Gasteiger partial charge < -0.3 is 10.2 Å². The van der Waals surface area contributed by atoms with Gasteiger partial charge in [-0.3, -0.25) is 0 Å². The highest BCUT2D eigenvalue weighted by atomic mass is 35.5. The molecule has 0 saturated heterocycles. The lowest BCUT2D eigenvalue weighted by atomic mass is 10.0. The maximum atomic E-state index is 6.21. The Bertz CT molecular complexity index is 535. The maximum Gasteiger partial charge on any atom is 0.152 e. The first-order valence-electron chi connectivity index (χ1n) is 7.66. The van der Waals surface area contributed by atoms with Crippen LogP contribution in [0.25, 0.3) is 11.0 Å². The molecule has 2 rings (SSSR count). The summed E-state index contributed by atoms with van der Waals surface area (Å²) >= 11 is 6.12. The van der Waals surface area contributed by atoms with Crippen molar-refractivity contribution in [1.82, 2.24) is 0 Å². The van der Waals surface area contributed by atoms with Crippen LogP contribution >= 0.6 is 11.6 Å². The molecular formula is C17H24ClNO. The summed E-state index contributed by atoms with van der Waals surface area (Å²) in [6.07, 6.45) is 8.68. The summed E-state index contributed by atoms with van der Waals surface area (Å²) in [5.74, 6) is 0.849. The summed E-state index contributed by atoms with van der Waals surface area (Å²) in [6.45, 7) is 2.24. The zero-order valence-corrected chi connectivity index (χ0v) is 13.0. The van der Waals surface area contributed by atoms with E-state index >= 15 is 0 Å². The number of fused-ring (bicyclic) bond motifs is 1. The molecule has 0 saturated carbocycles. The number of nitrogens with two attached hydrogens (primary N) is 1. The van der Waals surface area contributed by atoms with Gasteiger partial charge in [0.25, 0.3) is 0 Å². The lowest BCUT2D eigenvalue weighted by Gasteiger charge is -2.08. The highest BCUT2D eigenvalue weighted by Crippen LogP contribution is 2.30. The predicted octanol–water partition coefficient (Wildman–Crippen LogP) is 5.84. The minimum absolute atomic E-state index is 0.0235. The molecule has 0 radical (unpaired) electrons. The second-order valence-corrected chi connectivity index (χ2v) is 5.88. The Hall–Kier alpha value is -0.990. The molecule has 0 spiro atoms. The Balaban J connectivity index is 1.85. The van der Waals surface area contributed by atoms with Crippen molar-refractivity contribution < 1.29 is 4.42 Å². The van der Waals surface area contributed by atoms with E-state index in [0.29, 0.717) is 5.02 Å². The van der Waals surface area contributed by atoms with E-state index in [-0.39, 0.29) is 6.04 Å². The van der Waals surface area contributed by atoms with E-state index in [1.807, 2.05) is 24.3 Å². The van der Waals surface area contributed by atoms with E-state index < -0.39 is 0 Å². The van der Waals surface area contributed by atoms with E-state index in [1.54, 1.807) is 0 Å². The normalized spacial score (nSPS) is 12.9. The highest BCUT2D eigenvalue weighted by molar-refractivity contribution is 6.34. The number of benzene rings is 1. The molecule has 2 aromatic rings. The summed E-state index contributed by atoms with van der Waals surface area (Å²) in [6, 6.07) is 7.78. The quantitative estimate of drug-likeness (QED) is 0.621. The predicted molar refractivity (Wildman–Crippen MR) is 86.1 cm³/mol. The monoisotopic (exact) mass is 293 g/mol. The van der Waals surface area contributed by atoms with E-state index in [4.69, 9.17) is 21.8 Å². The number of rotatable bonds is 8. The second kappa shape index (κ2) is 7.70. The molecule has 0 aliphatic rings. The average Bonchev–Trinajstić information content (AvgIpc) is 2.88. The van der Waals surface area contributed by atoms with Crippen LogP contribution in [-0.4, -0.2) is 0 Å². The van der Waals surface area contributed by atoms with Crippen molar-refractivity contribution in [3.8, 4) is 0 Å². The fraction of sp³-hybridized carbons (Fsp3) is 0.529. The Morgan fingerprint density at radius 1 is 1.15 bits per heavy atom. The van der Waals surface area contributed by atoms with Gasteiger partial charge in [-0.15, -0.1) is 0 Å². The maximum absolute atomic E-state index is 6.21. The molecule has 2 N–H and O–H groups in total. The zero-order chi connectivity index (χ0) is 14.4. The van der Waals surface area contributed by atoms with Crippen LogP contribution < -0.4 is 5.73 Å². The molecule has 1 atom stereocenters. The Morgan fingerprint density at radius 2 is 1.90 bits per heavy atom. The lowest BCUT2D eigenvalue weighted by molar-refractivity contribution is 0.459. The summed E-state index contributed by atoms with van der Waals surface area (Å²) in [5.41, 5.74) is 6.97. The van der Waals surface area contributed by atoms with Crippen LogP contribution in [0.15, 0.2) is 28.7 Å². The van der Waals surface area contributed by atoms with Crippen molar-refractivity contribution >= 4 is 22.6 Å². The number of unbranched alkanes of at least 4 members (excludes halogenated alkanes) is 5. The highest BCUT2D eigenvalue weighted by Gasteiger charge is 2.13. The molecule has 3 heteroatoms. The van der Waals surface area contributed by atoms with Crippen molar-refractivity contribution in [2.75, 3.05) is 0 Å². The summed E-state index contributed by atoms with van der Waals surface area (Å²) < 4.78 is 5.80. The molecule has 0 aliphatic carbocycles. The minimum atomic E-state index is -0.0235. The minimum Gasteiger partial charge on any atom is -0.458 e. The van der Waals surface area contributed by atoms with Crippen LogP contribution in [0, 0.1) is 0 Å². The second-order valence-electron chi connectivity index (χ2n) is 5.47. The smallest absolute Gasteiger partial charge is 0.152 e. The van der Waals surface area contributed by atoms with Crippen molar-refractivity contribution in [2.45, 2.75) is 57.9 Å². The number of hydrogen-bond donors (Lipinski definition) is 1. The van der Waals surface area contributed by atoms with Crippen LogP contribution in [0.1, 0.15) is 63.7 Å². The molecule has 1 heterocycles. The van der Waals surface area contributed by atoms with Gasteiger partial charge in [-0.25, -0.2) is 0 Å². The third kappa shape index (κ3) is 4.00. The number of halogens is 1. The van der Waals surface area contributed by atoms with Crippen LogP contribution in [0.5, 0.6) is 0 Å². The molecule has 2 nitrogen and oxygen atoms in total. The molecular weight excluding hydrogens is 270 g/mol. The standard InChI is InChI=1S/C17H24ClNO/c1-2-3-4-5-6-7-11-15(19)16-12-13-9-8-10-14(18)17(13)20-16/h8-10,12,15H,2-7,11,19H2,1H3. The van der Waals surface area contributed by atoms with Gasteiger partial charge in [-0.1, -0.05) is 69.2 Å². The van der Waals surface area contributed by atoms with Crippen molar-refractivity contribution in [2.24, 2.45) is 5.73 Å². The molecule has 20 heavy (non-hydrogen) atoms. The van der Waals surface area contributed by atoms with Crippen molar-refractivity contribution in [1.29, 1.82) is 0 Å². The first-order chi connectivity index (χ1) is 9.72. The van der Waals surface area contributed by atoms with E-state index in [2.05, 4.69) is 6.92 Å². The Morgan fingerprint density at radius 3 is 2.65 bits per heavy atom. The van der Waals surface area contributed by atoms with Crippen molar-refractivity contribution in [3.63, 3.8) is 0 Å². The fourth-order valence-corrected chi connectivity index (χ4v) is 2.74. The van der Waals surface area contributed by atoms with Gasteiger partial charge in [0.15, 0.2) is 5.58 Å². The van der Waals surface area contributed by atoms with Gasteiger partial charge in [-0.05, 0) is 18.6 Å². The largest absolute Gasteiger partial charge is 0.458 e. The third-order valence-electron chi connectivity index (χ3n) is 3.75. The summed E-state index contributed by atoms with van der Waals surface area (Å²) in [7, 11) is 0. The van der Waals surface area contributed by atoms with Crippen LogP contribution in [0.2, 0.25) is 5.02 Å². The van der Waals surface area contributed by atoms with Gasteiger partial charge in [0, 0.05) is 5.39 Å². The number of para-hydroxylation sites is 1. The summed E-state index contributed by atoms with van der Waals surface area (Å²) in [5, 5.41) is 1.69. The zero-order valence-electron chi connectivity index (χ0n) is 12.2. The van der Waals surface area contributed by atoms with Gasteiger partial charge in [0.2, 0.25) is 0 Å². The van der Waals surface area contributed by atoms with Gasteiger partial charge in [0.05, 0.1) is 11.1 Å². The molecule has 0 bridgehead atoms. The molecule has 1 unspecified atom stereocenters. The topological polar surface area (TPSA) is 39.2 Å². The molecule has 110 valence electrons. The van der Waals surface area contributed by atoms with Crippen LogP contribution in [0.3, 0.4) is 0 Å². The summed E-state index contributed by atoms with van der Waals surface area (Å²) in [4.78, 5) is 0. The third-order valence-corrected chi connectivity index (χ3v) is 4.05. The molecule has 0 aliphatic heterocycles. The Labute approximate surface area is 126 Å². The molecule has 1 aromatic heterocycles. The first kappa shape index (κ1) is 15.4. The lowest BCUT2D eigenvalue weighted by Crippen LogP contribution is -2.08. The van der Waals surface area contributed by atoms with Gasteiger partial charge >= 0.3 is 0 Å². The first-order valence-corrected chi connectivity index (χ1v) is 8.03. The van der Waals surface area contributed by atoms with E-state index in [9.17, 15) is 0 Å². The molecule has 1 aromatic carbocycles. The number of hydrogen-bond acceptors (Lipinski definition) is 2. The van der Waals surface area contributed by atoms with Crippen LogP contribution in [-0.2, 0) is 0 Å². The van der Waals surface area contributed by atoms with E-state index in [1.165, 1.54) is 32.1 Å². The van der Waals surface area contributed by atoms with Gasteiger partial charge in [0.1, 0.15) is 5.76 Å². The molecule has 0 amide bonds. The number of furan rings is 1. The van der Waals surface area contributed by atoms with Crippen molar-refractivity contribution in [3.05, 3.63) is 35.0 Å². The molecule has 0 fully saturated rings. The SMILES string of the molecule is CCCCCCCCC(N)c1cc2cccc(Cl)c2o1. The Kier molecular flexibility index (Phi) is 5.93. The van der Waals surface area contributed by atoms with Crippen LogP contribution in [0.4, 0.5) is 0 Å². The fourth-order valence-electron chi connectivity index (χ4n) is 2.52. The average molecular weight is 294 g/mol.